The molecule has 110 valence electrons. The molecule has 21 heavy (non-hydrogen) atoms. The maximum absolute atomic E-state index is 11.9. The molecular formula is C16H16Br2N2O. The Morgan fingerprint density at radius 3 is 2.48 bits per heavy atom. The topological polar surface area (TPSA) is 41.1 Å². The molecule has 1 unspecified atom stereocenters. The summed E-state index contributed by atoms with van der Waals surface area (Å²) in [6, 6.07) is 15.7. The lowest BCUT2D eigenvalue weighted by molar-refractivity contribution is -0.115. The molecule has 0 bridgehead atoms. The highest BCUT2D eigenvalue weighted by molar-refractivity contribution is 9.10. The van der Waals surface area contributed by atoms with Crippen molar-refractivity contribution in [2.75, 3.05) is 11.9 Å². The molecule has 0 heterocycles. The van der Waals surface area contributed by atoms with E-state index in [-0.39, 0.29) is 18.5 Å². The van der Waals surface area contributed by atoms with Crippen molar-refractivity contribution < 1.29 is 4.79 Å². The Kier molecular flexibility index (Phi) is 5.96. The van der Waals surface area contributed by atoms with Crippen LogP contribution in [-0.2, 0) is 4.79 Å². The summed E-state index contributed by atoms with van der Waals surface area (Å²) in [5.74, 6) is -0.0563. The summed E-state index contributed by atoms with van der Waals surface area (Å²) in [7, 11) is 0. The molecular weight excluding hydrogens is 396 g/mol. The van der Waals surface area contributed by atoms with Gasteiger partial charge in [-0.1, -0.05) is 44.0 Å². The first-order valence-electron chi connectivity index (χ1n) is 6.59. The zero-order valence-electron chi connectivity index (χ0n) is 11.6. The highest BCUT2D eigenvalue weighted by Crippen LogP contribution is 2.18. The summed E-state index contributed by atoms with van der Waals surface area (Å²) in [4.78, 5) is 11.9. The third-order valence-electron chi connectivity index (χ3n) is 3.05. The van der Waals surface area contributed by atoms with E-state index in [2.05, 4.69) is 42.5 Å². The van der Waals surface area contributed by atoms with Gasteiger partial charge in [0, 0.05) is 20.7 Å². The molecule has 0 fully saturated rings. The van der Waals surface area contributed by atoms with Gasteiger partial charge in [-0.25, -0.2) is 0 Å². The molecule has 2 aromatic carbocycles. The Morgan fingerprint density at radius 1 is 1.10 bits per heavy atom. The van der Waals surface area contributed by atoms with Gasteiger partial charge >= 0.3 is 0 Å². The van der Waals surface area contributed by atoms with Gasteiger partial charge in [0.1, 0.15) is 0 Å². The minimum atomic E-state index is -0.0563. The maximum atomic E-state index is 11.9. The normalized spacial score (nSPS) is 12.0. The minimum absolute atomic E-state index is 0.0563. The monoisotopic (exact) mass is 410 g/mol. The van der Waals surface area contributed by atoms with Crippen molar-refractivity contribution in [3.63, 3.8) is 0 Å². The van der Waals surface area contributed by atoms with Crippen molar-refractivity contribution in [1.82, 2.24) is 5.32 Å². The second kappa shape index (κ2) is 7.73. The molecule has 2 rings (SSSR count). The highest BCUT2D eigenvalue weighted by atomic mass is 79.9. The first-order valence-corrected chi connectivity index (χ1v) is 8.17. The van der Waals surface area contributed by atoms with Crippen molar-refractivity contribution in [3.8, 4) is 0 Å². The van der Waals surface area contributed by atoms with Crippen LogP contribution in [0.3, 0.4) is 0 Å². The van der Waals surface area contributed by atoms with E-state index >= 15 is 0 Å². The van der Waals surface area contributed by atoms with Crippen LogP contribution in [0.15, 0.2) is 57.5 Å². The molecule has 1 atom stereocenters. The molecule has 0 saturated carbocycles. The summed E-state index contributed by atoms with van der Waals surface area (Å²) in [5.41, 5.74) is 1.93. The lowest BCUT2D eigenvalue weighted by atomic mass is 10.1. The number of carbonyl (C=O) groups excluding carboxylic acids is 1. The average molecular weight is 412 g/mol. The molecule has 5 heteroatoms. The van der Waals surface area contributed by atoms with Crippen LogP contribution >= 0.6 is 31.9 Å². The van der Waals surface area contributed by atoms with Gasteiger partial charge in [-0.15, -0.1) is 0 Å². The largest absolute Gasteiger partial charge is 0.325 e. The van der Waals surface area contributed by atoms with Crippen LogP contribution in [0.2, 0.25) is 0 Å². The zero-order chi connectivity index (χ0) is 15.2. The first-order chi connectivity index (χ1) is 10.0. The standard InChI is InChI=1S/C16H16Br2N2O/c1-11(12-3-2-4-14(18)9-12)19-10-16(21)20-15-7-5-13(17)6-8-15/h2-9,11,19H,10H2,1H3,(H,20,21). The van der Waals surface area contributed by atoms with Crippen LogP contribution in [0.25, 0.3) is 0 Å². The molecule has 0 saturated heterocycles. The third-order valence-corrected chi connectivity index (χ3v) is 4.07. The molecule has 0 aromatic heterocycles. The smallest absolute Gasteiger partial charge is 0.238 e. The van der Waals surface area contributed by atoms with E-state index in [1.165, 1.54) is 0 Å². The van der Waals surface area contributed by atoms with Crippen molar-refractivity contribution in [3.05, 3.63) is 63.0 Å². The number of benzene rings is 2. The molecule has 0 aliphatic rings. The van der Waals surface area contributed by atoms with Crippen molar-refractivity contribution in [2.45, 2.75) is 13.0 Å². The predicted octanol–water partition coefficient (Wildman–Crippen LogP) is 4.50. The Hall–Kier alpha value is -1.17. The number of hydrogen-bond acceptors (Lipinski definition) is 2. The van der Waals surface area contributed by atoms with Gasteiger partial charge < -0.3 is 10.6 Å². The number of anilines is 1. The summed E-state index contributed by atoms with van der Waals surface area (Å²) in [6.07, 6.45) is 0. The summed E-state index contributed by atoms with van der Waals surface area (Å²) in [5, 5.41) is 6.07. The molecule has 1 amide bonds. The summed E-state index contributed by atoms with van der Waals surface area (Å²) in [6.45, 7) is 2.30. The fraction of sp³-hybridized carbons (Fsp3) is 0.188. The van der Waals surface area contributed by atoms with Crippen molar-refractivity contribution in [1.29, 1.82) is 0 Å². The van der Waals surface area contributed by atoms with Crippen LogP contribution in [0.4, 0.5) is 5.69 Å². The van der Waals surface area contributed by atoms with Gasteiger partial charge in [0.05, 0.1) is 6.54 Å². The fourth-order valence-corrected chi connectivity index (χ4v) is 2.56. The van der Waals surface area contributed by atoms with E-state index in [0.717, 1.165) is 20.2 Å². The third kappa shape index (κ3) is 5.26. The van der Waals surface area contributed by atoms with Gasteiger partial charge in [0.2, 0.25) is 5.91 Å². The Morgan fingerprint density at radius 2 is 1.81 bits per heavy atom. The van der Waals surface area contributed by atoms with Gasteiger partial charge in [-0.2, -0.15) is 0 Å². The Bertz CT molecular complexity index is 614. The van der Waals surface area contributed by atoms with Gasteiger partial charge in [-0.3, -0.25) is 4.79 Å². The fourth-order valence-electron chi connectivity index (χ4n) is 1.88. The molecule has 0 spiro atoms. The van der Waals surface area contributed by atoms with Crippen molar-refractivity contribution in [2.24, 2.45) is 0 Å². The predicted molar refractivity (Wildman–Crippen MR) is 93.3 cm³/mol. The summed E-state index contributed by atoms with van der Waals surface area (Å²) < 4.78 is 2.02. The highest BCUT2D eigenvalue weighted by Gasteiger charge is 2.08. The van der Waals surface area contributed by atoms with E-state index in [4.69, 9.17) is 0 Å². The van der Waals surface area contributed by atoms with Gasteiger partial charge in [-0.05, 0) is 48.9 Å². The minimum Gasteiger partial charge on any atom is -0.325 e. The Labute approximate surface area is 141 Å². The summed E-state index contributed by atoms with van der Waals surface area (Å²) >= 11 is 6.81. The van der Waals surface area contributed by atoms with Crippen LogP contribution in [-0.4, -0.2) is 12.5 Å². The van der Waals surface area contributed by atoms with Crippen LogP contribution < -0.4 is 10.6 Å². The van der Waals surface area contributed by atoms with E-state index in [1.54, 1.807) is 0 Å². The molecule has 3 nitrogen and oxygen atoms in total. The molecule has 0 aliphatic heterocycles. The van der Waals surface area contributed by atoms with E-state index in [9.17, 15) is 4.79 Å². The number of halogens is 2. The van der Waals surface area contributed by atoms with Crippen molar-refractivity contribution >= 4 is 43.5 Å². The van der Waals surface area contributed by atoms with Crippen LogP contribution in [0.5, 0.6) is 0 Å². The quantitative estimate of drug-likeness (QED) is 0.760. The number of carbonyl (C=O) groups is 1. The van der Waals surface area contributed by atoms with Gasteiger partial charge in [0.15, 0.2) is 0 Å². The molecule has 0 radical (unpaired) electrons. The van der Waals surface area contributed by atoms with E-state index < -0.39 is 0 Å². The van der Waals surface area contributed by atoms with E-state index in [0.29, 0.717) is 0 Å². The van der Waals surface area contributed by atoms with Crippen LogP contribution in [0, 0.1) is 0 Å². The number of rotatable bonds is 5. The van der Waals surface area contributed by atoms with E-state index in [1.807, 2.05) is 55.5 Å². The van der Waals surface area contributed by atoms with Gasteiger partial charge in [0.25, 0.3) is 0 Å². The lowest BCUT2D eigenvalue weighted by Gasteiger charge is -2.14. The number of amides is 1. The molecule has 2 aromatic rings. The second-order valence-corrected chi connectivity index (χ2v) is 6.54. The SMILES string of the molecule is CC(NCC(=O)Nc1ccc(Br)cc1)c1cccc(Br)c1. The first kappa shape index (κ1) is 16.2. The second-order valence-electron chi connectivity index (χ2n) is 4.71. The zero-order valence-corrected chi connectivity index (χ0v) is 14.7. The number of hydrogen-bond donors (Lipinski definition) is 2. The lowest BCUT2D eigenvalue weighted by Crippen LogP contribution is -2.30. The Balaban J connectivity index is 1.84. The number of nitrogens with one attached hydrogen (secondary N) is 2. The maximum Gasteiger partial charge on any atom is 0.238 e. The average Bonchev–Trinajstić information content (AvgIpc) is 2.47. The van der Waals surface area contributed by atoms with Crippen LogP contribution in [0.1, 0.15) is 18.5 Å². The molecule has 0 aliphatic carbocycles. The molecule has 2 N–H and O–H groups in total.